The van der Waals surface area contributed by atoms with E-state index in [1.165, 1.54) is 44.9 Å². The van der Waals surface area contributed by atoms with Crippen LogP contribution >= 0.6 is 0 Å². The topological polar surface area (TPSA) is 21.3 Å². The Hall–Kier alpha value is -0.0800. The van der Waals surface area contributed by atoms with Gasteiger partial charge in [0, 0.05) is 12.6 Å². The molecule has 2 nitrogen and oxygen atoms in total. The monoisotopic (exact) mass is 267 g/mol. The summed E-state index contributed by atoms with van der Waals surface area (Å²) in [5.74, 6) is 0.854. The molecular weight excluding hydrogens is 234 g/mol. The second-order valence-electron chi connectivity index (χ2n) is 7.39. The van der Waals surface area contributed by atoms with Crippen molar-refractivity contribution in [2.24, 2.45) is 11.3 Å². The second kappa shape index (κ2) is 6.13. The summed E-state index contributed by atoms with van der Waals surface area (Å²) in [5, 5.41) is 3.78. The van der Waals surface area contributed by atoms with Gasteiger partial charge in [-0.3, -0.25) is 0 Å². The van der Waals surface area contributed by atoms with Crippen LogP contribution in [-0.4, -0.2) is 24.8 Å². The molecule has 0 aromatic carbocycles. The summed E-state index contributed by atoms with van der Waals surface area (Å²) in [4.78, 5) is 0. The second-order valence-corrected chi connectivity index (χ2v) is 7.39. The van der Waals surface area contributed by atoms with Gasteiger partial charge in [-0.15, -0.1) is 0 Å². The number of rotatable bonds is 6. The highest BCUT2D eigenvalue weighted by molar-refractivity contribution is 5.03. The van der Waals surface area contributed by atoms with Gasteiger partial charge in [0.15, 0.2) is 0 Å². The fourth-order valence-corrected chi connectivity index (χ4v) is 3.96. The van der Waals surface area contributed by atoms with Crippen LogP contribution in [0.5, 0.6) is 0 Å². The molecule has 0 spiro atoms. The average molecular weight is 267 g/mol. The van der Waals surface area contributed by atoms with Gasteiger partial charge in [-0.05, 0) is 63.3 Å². The van der Waals surface area contributed by atoms with Crippen LogP contribution in [0.15, 0.2) is 0 Å². The van der Waals surface area contributed by atoms with Crippen LogP contribution in [0.3, 0.4) is 0 Å². The van der Waals surface area contributed by atoms with Crippen LogP contribution in [0, 0.1) is 11.3 Å². The zero-order chi connectivity index (χ0) is 13.9. The predicted molar refractivity (Wildman–Crippen MR) is 81.4 cm³/mol. The van der Waals surface area contributed by atoms with Gasteiger partial charge in [-0.1, -0.05) is 27.2 Å². The van der Waals surface area contributed by atoms with E-state index in [-0.39, 0.29) is 5.60 Å². The number of likely N-dealkylation sites (N-methyl/N-ethyl adjacent to an activating group) is 1. The third-order valence-corrected chi connectivity index (χ3v) is 5.49. The van der Waals surface area contributed by atoms with Crippen molar-refractivity contribution in [2.75, 3.05) is 13.2 Å². The maximum atomic E-state index is 6.37. The normalized spacial score (nSPS) is 27.8. The van der Waals surface area contributed by atoms with Gasteiger partial charge >= 0.3 is 0 Å². The molecule has 0 aliphatic heterocycles. The molecule has 19 heavy (non-hydrogen) atoms. The lowest BCUT2D eigenvalue weighted by atomic mass is 9.63. The highest BCUT2D eigenvalue weighted by Crippen LogP contribution is 2.47. The minimum Gasteiger partial charge on any atom is -0.374 e. The summed E-state index contributed by atoms with van der Waals surface area (Å²) in [6.07, 6.45) is 9.30. The lowest BCUT2D eigenvalue weighted by Gasteiger charge is -2.52. The lowest BCUT2D eigenvalue weighted by Crippen LogP contribution is -2.59. The third-order valence-electron chi connectivity index (χ3n) is 5.49. The van der Waals surface area contributed by atoms with E-state index >= 15 is 0 Å². The van der Waals surface area contributed by atoms with Crippen molar-refractivity contribution in [2.45, 2.75) is 84.3 Å². The SMILES string of the molecule is CCNC(C1CCC1)C1(OCC)CCC(C)(C)CC1. The molecule has 0 saturated heterocycles. The Morgan fingerprint density at radius 2 is 1.74 bits per heavy atom. The first-order chi connectivity index (χ1) is 9.03. The standard InChI is InChI=1S/C17H33NO/c1-5-18-15(14-8-7-9-14)17(19-6-2)12-10-16(3,4)11-13-17/h14-15,18H,5-13H2,1-4H3. The molecule has 0 radical (unpaired) electrons. The van der Waals surface area contributed by atoms with Crippen molar-refractivity contribution in [3.05, 3.63) is 0 Å². The Labute approximate surface area is 119 Å². The Morgan fingerprint density at radius 1 is 1.11 bits per heavy atom. The number of hydrogen-bond acceptors (Lipinski definition) is 2. The van der Waals surface area contributed by atoms with Crippen LogP contribution in [0.1, 0.15) is 72.6 Å². The smallest absolute Gasteiger partial charge is 0.0837 e. The summed E-state index contributed by atoms with van der Waals surface area (Å²) in [6.45, 7) is 11.1. The Bertz CT molecular complexity index is 273. The first-order valence-electron chi connectivity index (χ1n) is 8.40. The zero-order valence-corrected chi connectivity index (χ0v) is 13.4. The van der Waals surface area contributed by atoms with Gasteiger partial charge in [0.25, 0.3) is 0 Å². The molecule has 0 amide bonds. The maximum absolute atomic E-state index is 6.37. The van der Waals surface area contributed by atoms with Crippen LogP contribution < -0.4 is 5.32 Å². The summed E-state index contributed by atoms with van der Waals surface area (Å²) in [5.41, 5.74) is 0.627. The van der Waals surface area contributed by atoms with E-state index in [9.17, 15) is 0 Å². The molecule has 2 fully saturated rings. The number of nitrogens with one attached hydrogen (secondary N) is 1. The van der Waals surface area contributed by atoms with Crippen molar-refractivity contribution in [3.63, 3.8) is 0 Å². The highest BCUT2D eigenvalue weighted by atomic mass is 16.5. The van der Waals surface area contributed by atoms with E-state index in [0.717, 1.165) is 19.1 Å². The molecule has 1 N–H and O–H groups in total. The Kier molecular flexibility index (Phi) is 4.94. The molecule has 1 atom stereocenters. The van der Waals surface area contributed by atoms with E-state index in [1.807, 2.05) is 0 Å². The molecule has 0 bridgehead atoms. The molecule has 0 aromatic heterocycles. The Morgan fingerprint density at radius 3 is 2.16 bits per heavy atom. The molecule has 2 aliphatic rings. The number of ether oxygens (including phenoxy) is 1. The molecule has 2 rings (SSSR count). The highest BCUT2D eigenvalue weighted by Gasteiger charge is 2.48. The Balaban J connectivity index is 2.11. The molecule has 2 saturated carbocycles. The summed E-state index contributed by atoms with van der Waals surface area (Å²) in [7, 11) is 0. The lowest BCUT2D eigenvalue weighted by molar-refractivity contribution is -0.124. The fourth-order valence-electron chi connectivity index (χ4n) is 3.96. The fraction of sp³-hybridized carbons (Fsp3) is 1.00. The quantitative estimate of drug-likeness (QED) is 0.781. The minimum atomic E-state index is 0.116. The molecule has 2 aliphatic carbocycles. The van der Waals surface area contributed by atoms with Crippen LogP contribution in [-0.2, 0) is 4.74 Å². The zero-order valence-electron chi connectivity index (χ0n) is 13.4. The molecule has 2 heteroatoms. The van der Waals surface area contributed by atoms with E-state index in [2.05, 4.69) is 33.0 Å². The van der Waals surface area contributed by atoms with Crippen molar-refractivity contribution in [3.8, 4) is 0 Å². The van der Waals surface area contributed by atoms with Crippen LogP contribution in [0.4, 0.5) is 0 Å². The molecule has 1 unspecified atom stereocenters. The molecular formula is C17H33NO. The first kappa shape index (κ1) is 15.3. The van der Waals surface area contributed by atoms with Crippen LogP contribution in [0.25, 0.3) is 0 Å². The van der Waals surface area contributed by atoms with Gasteiger partial charge in [0.2, 0.25) is 0 Å². The van der Waals surface area contributed by atoms with E-state index < -0.39 is 0 Å². The van der Waals surface area contributed by atoms with Crippen molar-refractivity contribution in [1.29, 1.82) is 0 Å². The van der Waals surface area contributed by atoms with Gasteiger partial charge < -0.3 is 10.1 Å². The van der Waals surface area contributed by atoms with Gasteiger partial charge in [-0.25, -0.2) is 0 Å². The maximum Gasteiger partial charge on any atom is 0.0837 e. The molecule has 112 valence electrons. The first-order valence-corrected chi connectivity index (χ1v) is 8.40. The summed E-state index contributed by atoms with van der Waals surface area (Å²) < 4.78 is 6.37. The van der Waals surface area contributed by atoms with E-state index in [4.69, 9.17) is 4.74 Å². The van der Waals surface area contributed by atoms with E-state index in [1.54, 1.807) is 0 Å². The van der Waals surface area contributed by atoms with Gasteiger partial charge in [0.1, 0.15) is 0 Å². The van der Waals surface area contributed by atoms with Crippen molar-refractivity contribution < 1.29 is 4.74 Å². The van der Waals surface area contributed by atoms with E-state index in [0.29, 0.717) is 11.5 Å². The molecule has 0 aromatic rings. The summed E-state index contributed by atoms with van der Waals surface area (Å²) >= 11 is 0. The minimum absolute atomic E-state index is 0.116. The van der Waals surface area contributed by atoms with Crippen LogP contribution in [0.2, 0.25) is 0 Å². The molecule has 0 heterocycles. The average Bonchev–Trinajstić information content (AvgIpc) is 2.30. The predicted octanol–water partition coefficient (Wildman–Crippen LogP) is 4.14. The summed E-state index contributed by atoms with van der Waals surface area (Å²) in [6, 6.07) is 0.585. The van der Waals surface area contributed by atoms with Crippen molar-refractivity contribution in [1.82, 2.24) is 5.32 Å². The van der Waals surface area contributed by atoms with Gasteiger partial charge in [-0.2, -0.15) is 0 Å². The largest absolute Gasteiger partial charge is 0.374 e. The van der Waals surface area contributed by atoms with Gasteiger partial charge in [0.05, 0.1) is 5.60 Å². The third kappa shape index (κ3) is 3.33. The number of hydrogen-bond donors (Lipinski definition) is 1. The van der Waals surface area contributed by atoms with Crippen molar-refractivity contribution >= 4 is 0 Å².